The Morgan fingerprint density at radius 1 is 1.35 bits per heavy atom. The summed E-state index contributed by atoms with van der Waals surface area (Å²) in [6.45, 7) is 1.36. The van der Waals surface area contributed by atoms with E-state index in [1.54, 1.807) is 18.5 Å². The molecule has 2 aliphatic rings. The number of carbonyl (C=O) groups is 3. The zero-order valence-electron chi connectivity index (χ0n) is 19.4. The molecule has 34 heavy (non-hydrogen) atoms. The van der Waals surface area contributed by atoms with E-state index in [4.69, 9.17) is 19.4 Å². The van der Waals surface area contributed by atoms with Crippen molar-refractivity contribution in [2.75, 3.05) is 33.8 Å². The summed E-state index contributed by atoms with van der Waals surface area (Å²) in [5.41, 5.74) is 1.51. The van der Waals surface area contributed by atoms with E-state index >= 15 is 0 Å². The number of nitrogens with zero attached hydrogens (tertiary/aromatic N) is 2. The number of aromatic amines is 1. The van der Waals surface area contributed by atoms with Crippen molar-refractivity contribution in [3.05, 3.63) is 47.2 Å². The number of carboxylic acid groups (broad SMARTS) is 1. The van der Waals surface area contributed by atoms with Gasteiger partial charge in [-0.2, -0.15) is 0 Å². The molecule has 1 atom stereocenters. The summed E-state index contributed by atoms with van der Waals surface area (Å²) in [5.74, 6) is -0.553. The molecule has 1 fully saturated rings. The largest absolute Gasteiger partial charge is 0.483 e. The first-order valence-corrected chi connectivity index (χ1v) is 11.2. The van der Waals surface area contributed by atoms with Gasteiger partial charge in [-0.05, 0) is 51.7 Å². The molecule has 4 rings (SSSR count). The third-order valence-corrected chi connectivity index (χ3v) is 5.54. The fourth-order valence-corrected chi connectivity index (χ4v) is 3.87. The van der Waals surface area contributed by atoms with Crippen LogP contribution in [0.3, 0.4) is 0 Å². The van der Waals surface area contributed by atoms with E-state index in [0.717, 1.165) is 48.8 Å². The van der Waals surface area contributed by atoms with Gasteiger partial charge in [0.15, 0.2) is 11.3 Å². The molecule has 0 aromatic carbocycles. The minimum Gasteiger partial charge on any atom is -0.483 e. The number of ketones is 1. The first-order chi connectivity index (χ1) is 16.5. The topological polar surface area (TPSA) is 134 Å². The average molecular weight is 471 g/mol. The van der Waals surface area contributed by atoms with Crippen molar-refractivity contribution in [3.8, 4) is 0 Å². The van der Waals surface area contributed by atoms with E-state index < -0.39 is 11.8 Å². The molecule has 0 spiro atoms. The third kappa shape index (κ3) is 6.09. The fraction of sp³-hybridized carbons (Fsp3) is 0.417. The second-order valence-electron chi connectivity index (χ2n) is 8.22. The Kier molecular flexibility index (Phi) is 8.94. The van der Waals surface area contributed by atoms with Crippen LogP contribution in [0.1, 0.15) is 31.2 Å². The summed E-state index contributed by atoms with van der Waals surface area (Å²) in [6, 6.07) is 3.57. The van der Waals surface area contributed by atoms with Crippen LogP contribution in [0.5, 0.6) is 0 Å². The number of allylic oxidation sites excluding steroid dienone is 1. The van der Waals surface area contributed by atoms with Crippen molar-refractivity contribution in [1.82, 2.24) is 20.2 Å². The Morgan fingerprint density at radius 3 is 2.91 bits per heavy atom. The molecule has 3 N–H and O–H groups in total. The molecule has 0 saturated carbocycles. The Balaban J connectivity index is 0.00000103. The predicted octanol–water partition coefficient (Wildman–Crippen LogP) is 2.09. The molecule has 0 bridgehead atoms. The Bertz CT molecular complexity index is 1080. The maximum atomic E-state index is 13.2. The first kappa shape index (κ1) is 25.1. The zero-order valence-corrected chi connectivity index (χ0v) is 19.4. The lowest BCUT2D eigenvalue weighted by Gasteiger charge is -2.17. The molecule has 0 aliphatic carbocycles. The van der Waals surface area contributed by atoms with Crippen molar-refractivity contribution >= 4 is 35.3 Å². The van der Waals surface area contributed by atoms with Gasteiger partial charge >= 0.3 is 5.97 Å². The van der Waals surface area contributed by atoms with E-state index in [0.29, 0.717) is 12.3 Å². The van der Waals surface area contributed by atoms with Crippen molar-refractivity contribution in [2.24, 2.45) is 0 Å². The zero-order chi connectivity index (χ0) is 24.5. The SMILES string of the molecule is CN(C)CCOC(=O)C1=C(C2CCCCCN2)OC(=Cc2c[nH]c3ncccc23)C1=O.O=CO. The van der Waals surface area contributed by atoms with Gasteiger partial charge in [0.1, 0.15) is 18.0 Å². The summed E-state index contributed by atoms with van der Waals surface area (Å²) in [5, 5.41) is 11.2. The monoisotopic (exact) mass is 470 g/mol. The van der Waals surface area contributed by atoms with Crippen molar-refractivity contribution < 1.29 is 29.0 Å². The molecular formula is C24H30N4O6. The molecular weight excluding hydrogens is 440 g/mol. The number of nitrogens with one attached hydrogen (secondary N) is 2. The molecule has 4 heterocycles. The van der Waals surface area contributed by atoms with Crippen LogP contribution in [0.4, 0.5) is 0 Å². The number of carbonyl (C=O) groups excluding carboxylic acids is 2. The molecule has 0 amide bonds. The van der Waals surface area contributed by atoms with Gasteiger partial charge < -0.3 is 29.8 Å². The Labute approximate surface area is 197 Å². The number of Topliss-reactive ketones (excluding diaryl/α,β-unsaturated/α-hetero) is 1. The first-order valence-electron chi connectivity index (χ1n) is 11.2. The average Bonchev–Trinajstić information content (AvgIpc) is 3.23. The Hall–Kier alpha value is -3.50. The van der Waals surface area contributed by atoms with Crippen LogP contribution in [0.25, 0.3) is 17.1 Å². The van der Waals surface area contributed by atoms with Crippen LogP contribution >= 0.6 is 0 Å². The number of rotatable bonds is 6. The number of H-pyrrole nitrogens is 1. The number of hydrogen-bond acceptors (Lipinski definition) is 8. The normalized spacial score (nSPS) is 19.6. The molecule has 2 aliphatic heterocycles. The second kappa shape index (κ2) is 12.1. The summed E-state index contributed by atoms with van der Waals surface area (Å²) in [6.07, 6.45) is 9.13. The number of fused-ring (bicyclic) bond motifs is 1. The highest BCUT2D eigenvalue weighted by Gasteiger charge is 2.40. The number of ether oxygens (including phenoxy) is 2. The Morgan fingerprint density at radius 2 is 2.15 bits per heavy atom. The lowest BCUT2D eigenvalue weighted by Crippen LogP contribution is -2.32. The van der Waals surface area contributed by atoms with Crippen LogP contribution in [-0.2, 0) is 23.9 Å². The number of esters is 1. The number of aromatic nitrogens is 2. The quantitative estimate of drug-likeness (QED) is 0.251. The molecule has 10 nitrogen and oxygen atoms in total. The molecule has 10 heteroatoms. The fourth-order valence-electron chi connectivity index (χ4n) is 3.87. The molecule has 1 saturated heterocycles. The molecule has 1 unspecified atom stereocenters. The highest BCUT2D eigenvalue weighted by Crippen LogP contribution is 2.33. The van der Waals surface area contributed by atoms with Crippen molar-refractivity contribution in [3.63, 3.8) is 0 Å². The van der Waals surface area contributed by atoms with Gasteiger partial charge in [-0.1, -0.05) is 12.8 Å². The minimum atomic E-state index is -0.628. The van der Waals surface area contributed by atoms with Crippen molar-refractivity contribution in [1.29, 1.82) is 0 Å². The van der Waals surface area contributed by atoms with E-state index in [2.05, 4.69) is 15.3 Å². The summed E-state index contributed by atoms with van der Waals surface area (Å²) < 4.78 is 11.4. The maximum Gasteiger partial charge on any atom is 0.345 e. The predicted molar refractivity (Wildman–Crippen MR) is 126 cm³/mol. The number of likely N-dealkylation sites (N-methyl/N-ethyl adjacent to an activating group) is 1. The van der Waals surface area contributed by atoms with Gasteiger partial charge in [0.25, 0.3) is 6.47 Å². The molecule has 0 radical (unpaired) electrons. The van der Waals surface area contributed by atoms with Gasteiger partial charge in [-0.3, -0.25) is 9.59 Å². The summed E-state index contributed by atoms with van der Waals surface area (Å²) in [7, 11) is 3.80. The van der Waals surface area contributed by atoms with E-state index in [9.17, 15) is 9.59 Å². The number of hydrogen-bond donors (Lipinski definition) is 3. The standard InChI is InChI=1S/C23H28N4O4.CH2O2/c1-27(2)11-12-30-23(29)19-20(28)18(31-21(19)17-8-4-3-5-9-24-17)13-15-14-26-22-16(15)7-6-10-25-22;2-1-3/h6-7,10,13-14,17,24H,3-5,8-9,11-12H2,1-2H3,(H,25,26);1H,(H,2,3). The molecule has 2 aromatic heterocycles. The van der Waals surface area contributed by atoms with Crippen LogP contribution < -0.4 is 5.32 Å². The van der Waals surface area contributed by atoms with Gasteiger partial charge in [-0.15, -0.1) is 0 Å². The van der Waals surface area contributed by atoms with Crippen LogP contribution in [0.2, 0.25) is 0 Å². The highest BCUT2D eigenvalue weighted by molar-refractivity contribution is 6.26. The molecule has 2 aromatic rings. The number of pyridine rings is 1. The van der Waals surface area contributed by atoms with Gasteiger partial charge in [0.05, 0.1) is 6.04 Å². The van der Waals surface area contributed by atoms with Gasteiger partial charge in [0, 0.05) is 29.9 Å². The van der Waals surface area contributed by atoms with Crippen LogP contribution in [0, 0.1) is 0 Å². The molecule has 182 valence electrons. The lowest BCUT2D eigenvalue weighted by atomic mass is 10.0. The maximum absolute atomic E-state index is 13.2. The van der Waals surface area contributed by atoms with Crippen molar-refractivity contribution in [2.45, 2.75) is 31.7 Å². The highest BCUT2D eigenvalue weighted by atomic mass is 16.5. The van der Waals surface area contributed by atoms with Crippen LogP contribution in [0.15, 0.2) is 41.6 Å². The van der Waals surface area contributed by atoms with E-state index in [1.807, 2.05) is 31.1 Å². The third-order valence-electron chi connectivity index (χ3n) is 5.54. The smallest absolute Gasteiger partial charge is 0.345 e. The van der Waals surface area contributed by atoms with Crippen LogP contribution in [-0.4, -0.2) is 78.0 Å². The minimum absolute atomic E-state index is 0.00220. The van der Waals surface area contributed by atoms with Gasteiger partial charge in [0.2, 0.25) is 5.78 Å². The summed E-state index contributed by atoms with van der Waals surface area (Å²) in [4.78, 5) is 43.7. The van der Waals surface area contributed by atoms with Gasteiger partial charge in [-0.25, -0.2) is 9.78 Å². The van der Waals surface area contributed by atoms with E-state index in [-0.39, 0.29) is 30.5 Å². The van der Waals surface area contributed by atoms with E-state index in [1.165, 1.54) is 0 Å². The second-order valence-corrected chi connectivity index (χ2v) is 8.22. The lowest BCUT2D eigenvalue weighted by molar-refractivity contribution is -0.140. The summed E-state index contributed by atoms with van der Waals surface area (Å²) >= 11 is 0.